The third kappa shape index (κ3) is 6.97. The minimum Gasteiger partial charge on any atom is -0.326 e. The molecule has 0 aliphatic heterocycles. The molecule has 0 bridgehead atoms. The zero-order chi connectivity index (χ0) is 14.3. The number of carbonyl (C=O) groups is 1. The van der Waals surface area contributed by atoms with Crippen LogP contribution >= 0.6 is 0 Å². The van der Waals surface area contributed by atoms with Gasteiger partial charge in [-0.25, -0.2) is 0 Å². The summed E-state index contributed by atoms with van der Waals surface area (Å²) in [6.45, 7) is 5.91. The zero-order valence-electron chi connectivity index (χ0n) is 12.3. The van der Waals surface area contributed by atoms with Crippen LogP contribution in [0.2, 0.25) is 0 Å². The Kier molecular flexibility index (Phi) is 6.03. The lowest BCUT2D eigenvalue weighted by molar-refractivity contribution is -0.117. The second kappa shape index (κ2) is 7.29. The second-order valence-electron chi connectivity index (χ2n) is 5.87. The van der Waals surface area contributed by atoms with Crippen LogP contribution in [-0.4, -0.2) is 11.4 Å². The van der Waals surface area contributed by atoms with E-state index in [4.69, 9.17) is 5.73 Å². The first-order valence-corrected chi connectivity index (χ1v) is 7.08. The van der Waals surface area contributed by atoms with Crippen molar-refractivity contribution >= 4 is 11.6 Å². The summed E-state index contributed by atoms with van der Waals surface area (Å²) in [5.41, 5.74) is 7.52. The van der Waals surface area contributed by atoms with Crippen molar-refractivity contribution in [1.82, 2.24) is 0 Å². The summed E-state index contributed by atoms with van der Waals surface area (Å²) in [6.07, 6.45) is 5.17. The molecule has 3 nitrogen and oxygen atoms in total. The van der Waals surface area contributed by atoms with E-state index in [9.17, 15) is 4.79 Å². The molecule has 0 fully saturated rings. The summed E-state index contributed by atoms with van der Waals surface area (Å²) in [5.74, 6) is -0.0359. The first kappa shape index (κ1) is 15.7. The van der Waals surface area contributed by atoms with Gasteiger partial charge in [-0.15, -0.1) is 0 Å². The molecule has 0 spiro atoms. The van der Waals surface area contributed by atoms with E-state index in [0.717, 1.165) is 12.1 Å². The Labute approximate surface area is 116 Å². The number of nitrogens with two attached hydrogens (primary N) is 1. The van der Waals surface area contributed by atoms with Crippen molar-refractivity contribution in [2.24, 2.45) is 5.73 Å². The van der Waals surface area contributed by atoms with Crippen LogP contribution < -0.4 is 11.1 Å². The van der Waals surface area contributed by atoms with Gasteiger partial charge >= 0.3 is 0 Å². The van der Waals surface area contributed by atoms with Crippen LogP contribution in [0.25, 0.3) is 0 Å². The van der Waals surface area contributed by atoms with Crippen LogP contribution in [0, 0.1) is 0 Å². The van der Waals surface area contributed by atoms with Gasteiger partial charge in [0, 0.05) is 17.6 Å². The van der Waals surface area contributed by atoms with Gasteiger partial charge in [-0.05, 0) is 44.4 Å². The number of unbranched alkanes of at least 4 members (excludes halogenated alkanes) is 2. The Morgan fingerprint density at radius 2 is 1.84 bits per heavy atom. The molecule has 1 rings (SSSR count). The Hall–Kier alpha value is -1.35. The molecular weight excluding hydrogens is 236 g/mol. The van der Waals surface area contributed by atoms with Gasteiger partial charge in [0.15, 0.2) is 0 Å². The summed E-state index contributed by atoms with van der Waals surface area (Å²) in [5, 5.41) is 2.87. The average molecular weight is 262 g/mol. The monoisotopic (exact) mass is 262 g/mol. The fourth-order valence-electron chi connectivity index (χ4n) is 1.95. The minimum atomic E-state index is -0.468. The molecule has 3 heteroatoms. The first-order chi connectivity index (χ1) is 8.90. The number of anilines is 1. The van der Waals surface area contributed by atoms with Crippen molar-refractivity contribution in [3.05, 3.63) is 29.8 Å². The van der Waals surface area contributed by atoms with Crippen LogP contribution in [0.5, 0.6) is 0 Å². The van der Waals surface area contributed by atoms with Crippen LogP contribution in [0.1, 0.15) is 52.0 Å². The van der Waals surface area contributed by atoms with Crippen molar-refractivity contribution < 1.29 is 4.79 Å². The standard InChI is InChI=1S/C16H26N2O/c1-4-5-6-7-13-8-10-14(11-9-13)18-15(19)12-16(2,3)17/h8-11H,4-7,12,17H2,1-3H3,(H,18,19). The highest BCUT2D eigenvalue weighted by Crippen LogP contribution is 2.13. The molecule has 1 aromatic carbocycles. The molecule has 0 radical (unpaired) electrons. The van der Waals surface area contributed by atoms with E-state index in [0.29, 0.717) is 6.42 Å². The van der Waals surface area contributed by atoms with E-state index in [1.54, 1.807) is 0 Å². The van der Waals surface area contributed by atoms with Crippen molar-refractivity contribution in [2.75, 3.05) is 5.32 Å². The van der Waals surface area contributed by atoms with Crippen molar-refractivity contribution in [2.45, 2.75) is 58.4 Å². The molecule has 0 atom stereocenters. The van der Waals surface area contributed by atoms with Gasteiger partial charge in [-0.1, -0.05) is 31.9 Å². The summed E-state index contributed by atoms with van der Waals surface area (Å²) < 4.78 is 0. The van der Waals surface area contributed by atoms with Gasteiger partial charge < -0.3 is 11.1 Å². The van der Waals surface area contributed by atoms with Crippen LogP contribution in [-0.2, 0) is 11.2 Å². The molecule has 0 saturated carbocycles. The van der Waals surface area contributed by atoms with Gasteiger partial charge in [-0.2, -0.15) is 0 Å². The number of benzene rings is 1. The Morgan fingerprint density at radius 1 is 1.21 bits per heavy atom. The molecule has 3 N–H and O–H groups in total. The quantitative estimate of drug-likeness (QED) is 0.739. The van der Waals surface area contributed by atoms with E-state index in [1.165, 1.54) is 24.8 Å². The topological polar surface area (TPSA) is 55.1 Å². The summed E-state index contributed by atoms with van der Waals surface area (Å²) >= 11 is 0. The van der Waals surface area contributed by atoms with Crippen molar-refractivity contribution in [3.63, 3.8) is 0 Å². The predicted molar refractivity (Wildman–Crippen MR) is 81.2 cm³/mol. The van der Waals surface area contributed by atoms with Gasteiger partial charge in [0.25, 0.3) is 0 Å². The zero-order valence-corrected chi connectivity index (χ0v) is 12.3. The van der Waals surface area contributed by atoms with E-state index in [-0.39, 0.29) is 5.91 Å². The maximum atomic E-state index is 11.7. The van der Waals surface area contributed by atoms with Gasteiger partial charge in [0.05, 0.1) is 0 Å². The van der Waals surface area contributed by atoms with E-state index < -0.39 is 5.54 Å². The number of carbonyl (C=O) groups excluding carboxylic acids is 1. The SMILES string of the molecule is CCCCCc1ccc(NC(=O)CC(C)(C)N)cc1. The maximum Gasteiger partial charge on any atom is 0.226 e. The van der Waals surface area contributed by atoms with Gasteiger partial charge in [0.2, 0.25) is 5.91 Å². The van der Waals surface area contributed by atoms with Crippen LogP contribution in [0.15, 0.2) is 24.3 Å². The summed E-state index contributed by atoms with van der Waals surface area (Å²) in [4.78, 5) is 11.7. The lowest BCUT2D eigenvalue weighted by atomic mass is 10.0. The average Bonchev–Trinajstić information content (AvgIpc) is 2.29. The summed E-state index contributed by atoms with van der Waals surface area (Å²) in [7, 11) is 0. The predicted octanol–water partition coefficient (Wildman–Crippen LogP) is 3.49. The molecular formula is C16H26N2O. The molecule has 1 amide bonds. The van der Waals surface area contributed by atoms with E-state index in [1.807, 2.05) is 26.0 Å². The lowest BCUT2D eigenvalue weighted by Gasteiger charge is -2.17. The lowest BCUT2D eigenvalue weighted by Crippen LogP contribution is -2.36. The van der Waals surface area contributed by atoms with Crippen LogP contribution in [0.3, 0.4) is 0 Å². The molecule has 19 heavy (non-hydrogen) atoms. The normalized spacial score (nSPS) is 11.4. The molecule has 106 valence electrons. The Balaban J connectivity index is 2.45. The van der Waals surface area contributed by atoms with Crippen molar-refractivity contribution in [3.8, 4) is 0 Å². The molecule has 0 saturated heterocycles. The Bertz CT molecular complexity index is 390. The fourth-order valence-corrected chi connectivity index (χ4v) is 1.95. The fraction of sp³-hybridized carbons (Fsp3) is 0.562. The largest absolute Gasteiger partial charge is 0.326 e. The molecule has 0 aromatic heterocycles. The summed E-state index contributed by atoms with van der Waals surface area (Å²) in [6, 6.07) is 8.09. The van der Waals surface area contributed by atoms with E-state index in [2.05, 4.69) is 24.4 Å². The number of rotatable bonds is 7. The molecule has 0 heterocycles. The minimum absolute atomic E-state index is 0.0359. The highest BCUT2D eigenvalue weighted by molar-refractivity contribution is 5.91. The number of hydrogen-bond acceptors (Lipinski definition) is 2. The maximum absolute atomic E-state index is 11.7. The number of nitrogens with one attached hydrogen (secondary N) is 1. The molecule has 1 aromatic rings. The van der Waals surface area contributed by atoms with E-state index >= 15 is 0 Å². The smallest absolute Gasteiger partial charge is 0.226 e. The first-order valence-electron chi connectivity index (χ1n) is 7.08. The van der Waals surface area contributed by atoms with Crippen molar-refractivity contribution in [1.29, 1.82) is 0 Å². The van der Waals surface area contributed by atoms with Gasteiger partial charge in [-0.3, -0.25) is 4.79 Å². The Morgan fingerprint density at radius 3 is 2.37 bits per heavy atom. The number of hydrogen-bond donors (Lipinski definition) is 2. The third-order valence-corrected chi connectivity index (χ3v) is 2.92. The van der Waals surface area contributed by atoms with Gasteiger partial charge in [0.1, 0.15) is 0 Å². The van der Waals surface area contributed by atoms with Crippen LogP contribution in [0.4, 0.5) is 5.69 Å². The highest BCUT2D eigenvalue weighted by atomic mass is 16.1. The molecule has 0 unspecified atom stereocenters. The number of amides is 1. The molecule has 0 aliphatic rings. The molecule has 0 aliphatic carbocycles. The highest BCUT2D eigenvalue weighted by Gasteiger charge is 2.16. The second-order valence-corrected chi connectivity index (χ2v) is 5.87. The number of aryl methyl sites for hydroxylation is 1. The third-order valence-electron chi connectivity index (χ3n) is 2.92.